The monoisotopic (exact) mass is 387 g/mol. The molecule has 1 amide bonds. The van der Waals surface area contributed by atoms with Crippen molar-refractivity contribution in [1.29, 1.82) is 0 Å². The summed E-state index contributed by atoms with van der Waals surface area (Å²) in [5.74, 6) is 0.693. The van der Waals surface area contributed by atoms with E-state index in [0.29, 0.717) is 30.9 Å². The molecule has 28 heavy (non-hydrogen) atoms. The van der Waals surface area contributed by atoms with Crippen LogP contribution >= 0.6 is 0 Å². The van der Waals surface area contributed by atoms with Gasteiger partial charge in [0.1, 0.15) is 11.5 Å². The van der Waals surface area contributed by atoms with Gasteiger partial charge in [0.2, 0.25) is 5.91 Å². The van der Waals surface area contributed by atoms with Gasteiger partial charge in [-0.1, -0.05) is 12.5 Å². The maximum atomic E-state index is 17.0. The van der Waals surface area contributed by atoms with Crippen molar-refractivity contribution in [3.63, 3.8) is 0 Å². The van der Waals surface area contributed by atoms with E-state index >= 15 is 4.39 Å². The number of halogens is 2. The largest absolute Gasteiger partial charge is 0.493 e. The summed E-state index contributed by atoms with van der Waals surface area (Å²) in [6.07, 6.45) is 4.00. The molecule has 1 aromatic carbocycles. The first-order chi connectivity index (χ1) is 13.5. The number of rotatable bonds is 2. The number of alkyl halides is 1. The van der Waals surface area contributed by atoms with Crippen LogP contribution in [-0.4, -0.2) is 42.3 Å². The van der Waals surface area contributed by atoms with E-state index in [2.05, 4.69) is 0 Å². The highest BCUT2D eigenvalue weighted by atomic mass is 19.1. The van der Waals surface area contributed by atoms with Gasteiger partial charge < -0.3 is 14.4 Å². The smallest absolute Gasteiger partial charge is 0.226 e. The number of allylic oxidation sites excluding steroid dienone is 1. The van der Waals surface area contributed by atoms with Crippen LogP contribution in [0.1, 0.15) is 43.2 Å². The van der Waals surface area contributed by atoms with Gasteiger partial charge in [0.15, 0.2) is 17.6 Å². The molecule has 2 bridgehead atoms. The van der Waals surface area contributed by atoms with Gasteiger partial charge in [-0.2, -0.15) is 0 Å². The molecule has 1 saturated carbocycles. The molecule has 2 aliphatic heterocycles. The van der Waals surface area contributed by atoms with Crippen LogP contribution in [0.5, 0.6) is 11.5 Å². The maximum absolute atomic E-state index is 17.0. The molecule has 1 aromatic rings. The Morgan fingerprint density at radius 2 is 2.18 bits per heavy atom. The summed E-state index contributed by atoms with van der Waals surface area (Å²) >= 11 is 0. The molecule has 6 heteroatoms. The second-order valence-electron chi connectivity index (χ2n) is 8.89. The Kier molecular flexibility index (Phi) is 3.17. The summed E-state index contributed by atoms with van der Waals surface area (Å²) in [5.41, 5.74) is -1.08. The number of ether oxygens (including phenoxy) is 2. The lowest BCUT2D eigenvalue weighted by Crippen LogP contribution is -2.74. The average molecular weight is 387 g/mol. The molecule has 6 rings (SSSR count). The SMILES string of the molecule is COc1ccc2c3c1O[C@H]1C(F)=CC[C@@]4(F)[C@@H](C2)N(C(=O)C2CCC2)CC[C@]314. The van der Waals surface area contributed by atoms with Crippen molar-refractivity contribution in [3.8, 4) is 11.5 Å². The molecular formula is C22H23F2NO3. The molecule has 0 unspecified atom stereocenters. The Bertz CT molecular complexity index is 927. The number of hydrogen-bond acceptors (Lipinski definition) is 3. The van der Waals surface area contributed by atoms with Gasteiger partial charge >= 0.3 is 0 Å². The Labute approximate surface area is 162 Å². The van der Waals surface area contributed by atoms with Crippen molar-refractivity contribution in [3.05, 3.63) is 35.2 Å². The second-order valence-corrected chi connectivity index (χ2v) is 8.89. The fourth-order valence-electron chi connectivity index (χ4n) is 6.37. The van der Waals surface area contributed by atoms with Gasteiger partial charge in [0.25, 0.3) is 0 Å². The Morgan fingerprint density at radius 3 is 2.89 bits per heavy atom. The summed E-state index contributed by atoms with van der Waals surface area (Å²) in [5, 5.41) is 0. The molecular weight excluding hydrogens is 364 g/mol. The van der Waals surface area contributed by atoms with Gasteiger partial charge in [0.05, 0.1) is 18.6 Å². The summed E-state index contributed by atoms with van der Waals surface area (Å²) in [6, 6.07) is 3.17. The summed E-state index contributed by atoms with van der Waals surface area (Å²) in [6.45, 7) is 0.453. The number of hydrogen-bond donors (Lipinski definition) is 0. The van der Waals surface area contributed by atoms with E-state index in [1.165, 1.54) is 6.08 Å². The predicted molar refractivity (Wildman–Crippen MR) is 97.9 cm³/mol. The van der Waals surface area contributed by atoms with Crippen LogP contribution in [0.4, 0.5) is 8.78 Å². The molecule has 4 nitrogen and oxygen atoms in total. The highest BCUT2D eigenvalue weighted by Crippen LogP contribution is 2.67. The topological polar surface area (TPSA) is 38.8 Å². The van der Waals surface area contributed by atoms with E-state index in [4.69, 9.17) is 9.47 Å². The first-order valence-corrected chi connectivity index (χ1v) is 10.2. The third-order valence-corrected chi connectivity index (χ3v) is 7.95. The molecule has 1 saturated heterocycles. The lowest BCUT2D eigenvalue weighted by atomic mass is 9.51. The minimum atomic E-state index is -1.73. The van der Waals surface area contributed by atoms with Gasteiger partial charge in [-0.05, 0) is 43.4 Å². The van der Waals surface area contributed by atoms with Crippen molar-refractivity contribution >= 4 is 5.91 Å². The lowest BCUT2D eigenvalue weighted by Gasteiger charge is -2.60. The minimum Gasteiger partial charge on any atom is -0.493 e. The van der Waals surface area contributed by atoms with E-state index < -0.39 is 29.1 Å². The number of likely N-dealkylation sites (tertiary alicyclic amines) is 1. The Morgan fingerprint density at radius 1 is 1.36 bits per heavy atom. The van der Waals surface area contributed by atoms with E-state index in [9.17, 15) is 9.18 Å². The molecule has 0 aromatic heterocycles. The molecule has 1 spiro atoms. The van der Waals surface area contributed by atoms with Crippen LogP contribution in [0, 0.1) is 5.92 Å². The van der Waals surface area contributed by atoms with Crippen molar-refractivity contribution in [1.82, 2.24) is 4.90 Å². The highest BCUT2D eigenvalue weighted by molar-refractivity contribution is 5.81. The zero-order valence-corrected chi connectivity index (χ0v) is 15.8. The molecule has 3 aliphatic carbocycles. The van der Waals surface area contributed by atoms with Crippen LogP contribution in [-0.2, 0) is 16.6 Å². The fourth-order valence-corrected chi connectivity index (χ4v) is 6.37. The van der Waals surface area contributed by atoms with E-state index in [0.717, 1.165) is 30.4 Å². The number of piperidine rings is 1. The summed E-state index contributed by atoms with van der Waals surface area (Å²) < 4.78 is 43.4. The van der Waals surface area contributed by atoms with Crippen LogP contribution in [0.3, 0.4) is 0 Å². The number of carbonyl (C=O) groups is 1. The van der Waals surface area contributed by atoms with Crippen molar-refractivity contribution in [2.24, 2.45) is 5.92 Å². The Hall–Kier alpha value is -2.11. The quantitative estimate of drug-likeness (QED) is 0.778. The molecule has 0 N–H and O–H groups in total. The van der Waals surface area contributed by atoms with Gasteiger partial charge in [-0.25, -0.2) is 8.78 Å². The summed E-state index contributed by atoms with van der Waals surface area (Å²) in [4.78, 5) is 14.9. The van der Waals surface area contributed by atoms with E-state index in [1.54, 1.807) is 12.0 Å². The van der Waals surface area contributed by atoms with Crippen LogP contribution < -0.4 is 9.47 Å². The van der Waals surface area contributed by atoms with Crippen molar-refractivity contribution < 1.29 is 23.0 Å². The molecule has 4 atom stereocenters. The van der Waals surface area contributed by atoms with Gasteiger partial charge in [0, 0.05) is 24.4 Å². The maximum Gasteiger partial charge on any atom is 0.226 e. The molecule has 0 radical (unpaired) electrons. The highest BCUT2D eigenvalue weighted by Gasteiger charge is 2.74. The van der Waals surface area contributed by atoms with E-state index in [-0.39, 0.29) is 18.2 Å². The third-order valence-electron chi connectivity index (χ3n) is 7.95. The fraction of sp³-hybridized carbons (Fsp3) is 0.591. The molecule has 2 heterocycles. The lowest BCUT2D eigenvalue weighted by molar-refractivity contribution is -0.162. The van der Waals surface area contributed by atoms with Crippen molar-refractivity contribution in [2.45, 2.75) is 61.8 Å². The third kappa shape index (κ3) is 1.70. The number of benzene rings is 1. The first kappa shape index (κ1) is 16.8. The number of amides is 1. The van der Waals surface area contributed by atoms with Crippen LogP contribution in [0.25, 0.3) is 0 Å². The average Bonchev–Trinajstić information content (AvgIpc) is 2.98. The second kappa shape index (κ2) is 5.28. The minimum absolute atomic E-state index is 0.0199. The standard InChI is InChI=1S/C22H23F2NO3/c1-27-15-6-5-13-11-16-22(24)8-7-14(23)19-21(22,17(13)18(15)28-19)9-10-25(16)20(26)12-3-2-4-12/h5-7,12,16,19H,2-4,8-11H2,1H3/t16-,19+,21+,22-/m1/s1. The zero-order valence-electron chi connectivity index (χ0n) is 15.8. The van der Waals surface area contributed by atoms with Gasteiger partial charge in [-0.3, -0.25) is 4.79 Å². The number of nitrogens with zero attached hydrogens (tertiary/aromatic N) is 1. The molecule has 148 valence electrons. The van der Waals surface area contributed by atoms with Gasteiger partial charge in [-0.15, -0.1) is 0 Å². The Balaban J connectivity index is 1.56. The van der Waals surface area contributed by atoms with Crippen LogP contribution in [0.2, 0.25) is 0 Å². The first-order valence-electron chi connectivity index (χ1n) is 10.2. The normalized spacial score (nSPS) is 37.5. The number of methoxy groups -OCH3 is 1. The van der Waals surface area contributed by atoms with Crippen molar-refractivity contribution in [2.75, 3.05) is 13.7 Å². The predicted octanol–water partition coefficient (Wildman–Crippen LogP) is 3.62. The summed E-state index contributed by atoms with van der Waals surface area (Å²) in [7, 11) is 1.54. The molecule has 2 fully saturated rings. The molecule has 5 aliphatic rings. The zero-order chi connectivity index (χ0) is 19.3. The number of carbonyl (C=O) groups excluding carboxylic acids is 1. The van der Waals surface area contributed by atoms with E-state index in [1.807, 2.05) is 12.1 Å². The van der Waals surface area contributed by atoms with Crippen LogP contribution in [0.15, 0.2) is 24.0 Å².